The van der Waals surface area contributed by atoms with Gasteiger partial charge < -0.3 is 19.5 Å². The standard InChI is InChI=1S/C26H27FN2O4/c1-31-20-11-12-21(23(15-20)32-2)26(13-14-26)28-16-19-9-6-10-22(24(19)27)29-25(30)33-17-18-7-4-3-5-8-18/h3-12,15,28H,13-14,16-17H2,1-2H3,(H,29,30). The van der Waals surface area contributed by atoms with Crippen LogP contribution in [0.15, 0.2) is 66.7 Å². The molecule has 0 spiro atoms. The molecule has 1 fully saturated rings. The first-order valence-electron chi connectivity index (χ1n) is 10.8. The first-order valence-corrected chi connectivity index (χ1v) is 10.8. The molecule has 1 saturated carbocycles. The van der Waals surface area contributed by atoms with E-state index in [1.165, 1.54) is 6.07 Å². The summed E-state index contributed by atoms with van der Waals surface area (Å²) in [5, 5.41) is 5.98. The maximum atomic E-state index is 15.1. The van der Waals surface area contributed by atoms with Gasteiger partial charge >= 0.3 is 6.09 Å². The first-order chi connectivity index (χ1) is 16.0. The van der Waals surface area contributed by atoms with Crippen LogP contribution in [0.2, 0.25) is 0 Å². The lowest BCUT2D eigenvalue weighted by atomic mass is 10.0. The van der Waals surface area contributed by atoms with E-state index in [1.807, 2.05) is 48.5 Å². The predicted molar refractivity (Wildman–Crippen MR) is 124 cm³/mol. The zero-order valence-electron chi connectivity index (χ0n) is 18.7. The highest BCUT2D eigenvalue weighted by Gasteiger charge is 2.46. The predicted octanol–water partition coefficient (Wildman–Crippen LogP) is 5.37. The topological polar surface area (TPSA) is 68.8 Å². The highest BCUT2D eigenvalue weighted by Crippen LogP contribution is 2.49. The molecule has 1 amide bonds. The number of hydrogen-bond acceptors (Lipinski definition) is 5. The van der Waals surface area contributed by atoms with Crippen molar-refractivity contribution in [2.75, 3.05) is 19.5 Å². The van der Waals surface area contributed by atoms with Crippen LogP contribution in [0.5, 0.6) is 11.5 Å². The largest absolute Gasteiger partial charge is 0.497 e. The number of amides is 1. The number of carbonyl (C=O) groups is 1. The van der Waals surface area contributed by atoms with Crippen molar-refractivity contribution in [1.82, 2.24) is 5.32 Å². The summed E-state index contributed by atoms with van der Waals surface area (Å²) in [5.74, 6) is 0.964. The van der Waals surface area contributed by atoms with Gasteiger partial charge in [-0.25, -0.2) is 9.18 Å². The monoisotopic (exact) mass is 450 g/mol. The fourth-order valence-electron chi connectivity index (χ4n) is 3.81. The quantitative estimate of drug-likeness (QED) is 0.459. The second kappa shape index (κ2) is 9.92. The Morgan fingerprint density at radius 1 is 1.00 bits per heavy atom. The van der Waals surface area contributed by atoms with E-state index < -0.39 is 11.9 Å². The fraction of sp³-hybridized carbons (Fsp3) is 0.269. The molecule has 0 aromatic heterocycles. The Morgan fingerprint density at radius 2 is 1.79 bits per heavy atom. The SMILES string of the molecule is COc1ccc(C2(NCc3cccc(NC(=O)OCc4ccccc4)c3F)CC2)c(OC)c1. The number of ether oxygens (including phenoxy) is 3. The van der Waals surface area contributed by atoms with Gasteiger partial charge in [-0.2, -0.15) is 0 Å². The molecule has 7 heteroatoms. The average molecular weight is 451 g/mol. The number of nitrogens with one attached hydrogen (secondary N) is 2. The number of benzene rings is 3. The third-order valence-corrected chi connectivity index (χ3v) is 5.82. The van der Waals surface area contributed by atoms with Crippen LogP contribution < -0.4 is 20.1 Å². The molecule has 1 aliphatic rings. The van der Waals surface area contributed by atoms with Crippen molar-refractivity contribution in [3.63, 3.8) is 0 Å². The van der Waals surface area contributed by atoms with Crippen LogP contribution >= 0.6 is 0 Å². The van der Waals surface area contributed by atoms with E-state index in [0.717, 1.165) is 35.5 Å². The van der Waals surface area contributed by atoms with E-state index in [9.17, 15) is 4.79 Å². The molecule has 0 bridgehead atoms. The molecule has 4 rings (SSSR count). The number of rotatable bonds is 9. The summed E-state index contributed by atoms with van der Waals surface area (Å²) in [6, 6.07) is 20.0. The third-order valence-electron chi connectivity index (χ3n) is 5.82. The molecule has 0 saturated heterocycles. The molecule has 0 unspecified atom stereocenters. The van der Waals surface area contributed by atoms with Gasteiger partial charge in [0.15, 0.2) is 5.82 Å². The molecule has 33 heavy (non-hydrogen) atoms. The van der Waals surface area contributed by atoms with Crippen molar-refractivity contribution in [3.8, 4) is 11.5 Å². The molecule has 3 aromatic rings. The lowest BCUT2D eigenvalue weighted by Crippen LogP contribution is -2.29. The summed E-state index contributed by atoms with van der Waals surface area (Å²) in [5.41, 5.74) is 2.14. The van der Waals surface area contributed by atoms with Crippen LogP contribution in [0.25, 0.3) is 0 Å². The minimum atomic E-state index is -0.704. The zero-order chi connectivity index (χ0) is 23.3. The molecule has 3 aromatic carbocycles. The number of methoxy groups -OCH3 is 2. The van der Waals surface area contributed by atoms with Crippen molar-refractivity contribution in [2.45, 2.75) is 31.5 Å². The van der Waals surface area contributed by atoms with Crippen molar-refractivity contribution >= 4 is 11.8 Å². The molecule has 1 aliphatic carbocycles. The van der Waals surface area contributed by atoms with Crippen LogP contribution in [0.4, 0.5) is 14.9 Å². The van der Waals surface area contributed by atoms with Gasteiger partial charge in [0.2, 0.25) is 0 Å². The van der Waals surface area contributed by atoms with E-state index >= 15 is 4.39 Å². The minimum Gasteiger partial charge on any atom is -0.497 e. The minimum absolute atomic E-state index is 0.0826. The molecule has 0 atom stereocenters. The second-order valence-electron chi connectivity index (χ2n) is 7.97. The Labute approximate surface area is 192 Å². The smallest absolute Gasteiger partial charge is 0.412 e. The maximum absolute atomic E-state index is 15.1. The summed E-state index contributed by atoms with van der Waals surface area (Å²) in [6.45, 7) is 0.414. The van der Waals surface area contributed by atoms with Gasteiger partial charge in [-0.1, -0.05) is 42.5 Å². The number of anilines is 1. The molecular formula is C26H27FN2O4. The Hall–Kier alpha value is -3.58. The normalized spacial score (nSPS) is 13.8. The summed E-state index contributed by atoms with van der Waals surface area (Å²) in [7, 11) is 3.24. The van der Waals surface area contributed by atoms with Crippen molar-refractivity contribution in [1.29, 1.82) is 0 Å². The Bertz CT molecular complexity index is 1120. The van der Waals surface area contributed by atoms with Crippen molar-refractivity contribution < 1.29 is 23.4 Å². The fourth-order valence-corrected chi connectivity index (χ4v) is 3.81. The zero-order valence-corrected chi connectivity index (χ0v) is 18.7. The molecule has 2 N–H and O–H groups in total. The van der Waals surface area contributed by atoms with Gasteiger partial charge in [0.1, 0.15) is 18.1 Å². The van der Waals surface area contributed by atoms with Gasteiger partial charge in [-0.3, -0.25) is 5.32 Å². The third kappa shape index (κ3) is 5.26. The maximum Gasteiger partial charge on any atom is 0.412 e. The van der Waals surface area contributed by atoms with Crippen LogP contribution in [0.3, 0.4) is 0 Å². The second-order valence-corrected chi connectivity index (χ2v) is 7.97. The van der Waals surface area contributed by atoms with Crippen LogP contribution in [-0.4, -0.2) is 20.3 Å². The van der Waals surface area contributed by atoms with E-state index in [4.69, 9.17) is 14.2 Å². The van der Waals surface area contributed by atoms with Crippen LogP contribution in [0, 0.1) is 5.82 Å². The molecule has 0 aliphatic heterocycles. The van der Waals surface area contributed by atoms with Gasteiger partial charge in [0.05, 0.1) is 19.9 Å². The van der Waals surface area contributed by atoms with E-state index in [-0.39, 0.29) is 17.8 Å². The highest BCUT2D eigenvalue weighted by atomic mass is 19.1. The van der Waals surface area contributed by atoms with Gasteiger partial charge in [0, 0.05) is 29.3 Å². The average Bonchev–Trinajstić information content (AvgIpc) is 3.64. The van der Waals surface area contributed by atoms with Gasteiger partial charge in [-0.15, -0.1) is 0 Å². The number of hydrogen-bond donors (Lipinski definition) is 2. The van der Waals surface area contributed by atoms with E-state index in [0.29, 0.717) is 12.1 Å². The molecule has 0 radical (unpaired) electrons. The lowest BCUT2D eigenvalue weighted by molar-refractivity contribution is 0.155. The van der Waals surface area contributed by atoms with Gasteiger partial charge in [0.25, 0.3) is 0 Å². The van der Waals surface area contributed by atoms with Crippen LogP contribution in [-0.2, 0) is 23.4 Å². The molecule has 0 heterocycles. The Kier molecular flexibility index (Phi) is 6.79. The molecular weight excluding hydrogens is 423 g/mol. The van der Waals surface area contributed by atoms with Gasteiger partial charge in [-0.05, 0) is 36.6 Å². The number of halogens is 1. The van der Waals surface area contributed by atoms with Crippen molar-refractivity contribution in [2.24, 2.45) is 0 Å². The summed E-state index contributed by atoms with van der Waals surface area (Å²) >= 11 is 0. The Balaban J connectivity index is 1.40. The lowest BCUT2D eigenvalue weighted by Gasteiger charge is -2.21. The van der Waals surface area contributed by atoms with E-state index in [2.05, 4.69) is 10.6 Å². The first kappa shape index (κ1) is 22.6. The van der Waals surface area contributed by atoms with Crippen molar-refractivity contribution in [3.05, 3.63) is 89.2 Å². The molecule has 172 valence electrons. The number of carbonyl (C=O) groups excluding carboxylic acids is 1. The summed E-state index contributed by atoms with van der Waals surface area (Å²) in [4.78, 5) is 12.1. The molecule has 6 nitrogen and oxygen atoms in total. The van der Waals surface area contributed by atoms with E-state index in [1.54, 1.807) is 26.4 Å². The van der Waals surface area contributed by atoms with Crippen LogP contribution in [0.1, 0.15) is 29.5 Å². The summed E-state index contributed by atoms with van der Waals surface area (Å²) < 4.78 is 31.1. The summed E-state index contributed by atoms with van der Waals surface area (Å²) in [6.07, 6.45) is 1.13. The Morgan fingerprint density at radius 3 is 2.48 bits per heavy atom. The highest BCUT2D eigenvalue weighted by molar-refractivity contribution is 5.84.